The van der Waals surface area contributed by atoms with E-state index in [-0.39, 0.29) is 6.10 Å². The highest BCUT2D eigenvalue weighted by Crippen LogP contribution is 2.28. The van der Waals surface area contributed by atoms with Crippen molar-refractivity contribution in [2.24, 2.45) is 11.8 Å². The summed E-state index contributed by atoms with van der Waals surface area (Å²) in [6.07, 6.45) is 2.52. The molecule has 2 rings (SSSR count). The minimum absolute atomic E-state index is 0.257. The summed E-state index contributed by atoms with van der Waals surface area (Å²) in [6.45, 7) is 5.86. The second kappa shape index (κ2) is 6.14. The Morgan fingerprint density at radius 3 is 2.70 bits per heavy atom. The van der Waals surface area contributed by atoms with E-state index in [1.54, 1.807) is 12.1 Å². The quantitative estimate of drug-likeness (QED) is 0.907. The molecule has 0 aromatic heterocycles. The van der Waals surface area contributed by atoms with Crippen LogP contribution in [-0.2, 0) is 14.6 Å². The fraction of sp³-hybridized carbons (Fsp3) is 0.600. The van der Waals surface area contributed by atoms with Crippen molar-refractivity contribution in [3.63, 3.8) is 0 Å². The van der Waals surface area contributed by atoms with Gasteiger partial charge in [0.05, 0.1) is 16.7 Å². The van der Waals surface area contributed by atoms with E-state index in [4.69, 9.17) is 4.74 Å². The van der Waals surface area contributed by atoms with Crippen LogP contribution in [0.15, 0.2) is 29.2 Å². The van der Waals surface area contributed by atoms with Crippen LogP contribution in [0.2, 0.25) is 0 Å². The molecule has 0 aliphatic carbocycles. The Bertz CT molecular complexity index is 554. The van der Waals surface area contributed by atoms with Gasteiger partial charge in [-0.05, 0) is 24.5 Å². The van der Waals surface area contributed by atoms with Gasteiger partial charge in [-0.3, -0.25) is 0 Å². The summed E-state index contributed by atoms with van der Waals surface area (Å²) in [5, 5.41) is 3.29. The van der Waals surface area contributed by atoms with E-state index in [0.717, 1.165) is 19.6 Å². The molecule has 1 aromatic carbocycles. The van der Waals surface area contributed by atoms with Crippen LogP contribution in [0.3, 0.4) is 0 Å². The third-order valence-corrected chi connectivity index (χ3v) is 4.92. The topological polar surface area (TPSA) is 55.4 Å². The van der Waals surface area contributed by atoms with E-state index in [1.165, 1.54) is 6.26 Å². The van der Waals surface area contributed by atoms with Crippen LogP contribution < -0.4 is 5.32 Å². The Morgan fingerprint density at radius 1 is 1.35 bits per heavy atom. The van der Waals surface area contributed by atoms with E-state index < -0.39 is 9.84 Å². The molecule has 0 saturated carbocycles. The smallest absolute Gasteiger partial charge is 0.177 e. The van der Waals surface area contributed by atoms with Gasteiger partial charge >= 0.3 is 0 Å². The van der Waals surface area contributed by atoms with Gasteiger partial charge < -0.3 is 10.1 Å². The first kappa shape index (κ1) is 15.3. The zero-order valence-corrected chi connectivity index (χ0v) is 13.1. The third-order valence-electron chi connectivity index (χ3n) is 3.76. The SMILES string of the molecule is CC(C)C1OCCC1CNc1ccccc1S(C)(=O)=O. The zero-order chi connectivity index (χ0) is 14.8. The lowest BCUT2D eigenvalue weighted by atomic mass is 9.93. The first-order valence-electron chi connectivity index (χ1n) is 7.04. The lowest BCUT2D eigenvalue weighted by Crippen LogP contribution is -2.28. The molecule has 0 radical (unpaired) electrons. The molecule has 1 heterocycles. The minimum atomic E-state index is -3.20. The van der Waals surface area contributed by atoms with Crippen molar-refractivity contribution in [2.75, 3.05) is 24.7 Å². The van der Waals surface area contributed by atoms with E-state index in [9.17, 15) is 8.42 Å². The monoisotopic (exact) mass is 297 g/mol. The number of hydrogen-bond donors (Lipinski definition) is 1. The van der Waals surface area contributed by atoms with E-state index in [2.05, 4.69) is 19.2 Å². The summed E-state index contributed by atoms with van der Waals surface area (Å²) in [4.78, 5) is 0.361. The van der Waals surface area contributed by atoms with Crippen molar-refractivity contribution in [1.82, 2.24) is 0 Å². The predicted molar refractivity (Wildman–Crippen MR) is 80.7 cm³/mol. The molecule has 0 amide bonds. The first-order valence-corrected chi connectivity index (χ1v) is 8.93. The molecule has 20 heavy (non-hydrogen) atoms. The van der Waals surface area contributed by atoms with Gasteiger partial charge in [0.2, 0.25) is 0 Å². The van der Waals surface area contributed by atoms with Crippen molar-refractivity contribution in [3.8, 4) is 0 Å². The summed E-state index contributed by atoms with van der Waals surface area (Å²) in [6, 6.07) is 7.05. The van der Waals surface area contributed by atoms with Crippen molar-refractivity contribution in [1.29, 1.82) is 0 Å². The average Bonchev–Trinajstić information content (AvgIpc) is 2.84. The molecule has 112 valence electrons. The normalized spacial score (nSPS) is 23.2. The van der Waals surface area contributed by atoms with Gasteiger partial charge in [-0.2, -0.15) is 0 Å². The van der Waals surface area contributed by atoms with Gasteiger partial charge in [0.15, 0.2) is 9.84 Å². The van der Waals surface area contributed by atoms with Crippen molar-refractivity contribution >= 4 is 15.5 Å². The predicted octanol–water partition coefficient (Wildman–Crippen LogP) is 2.56. The van der Waals surface area contributed by atoms with Crippen molar-refractivity contribution in [2.45, 2.75) is 31.3 Å². The highest BCUT2D eigenvalue weighted by atomic mass is 32.2. The number of rotatable bonds is 5. The molecule has 2 atom stereocenters. The summed E-state index contributed by atoms with van der Waals surface area (Å²) >= 11 is 0. The van der Waals surface area contributed by atoms with Crippen LogP contribution in [0.25, 0.3) is 0 Å². The summed E-state index contributed by atoms with van der Waals surface area (Å²) in [5.41, 5.74) is 0.685. The molecule has 1 aliphatic heterocycles. The van der Waals surface area contributed by atoms with Gasteiger partial charge in [-0.25, -0.2) is 8.42 Å². The number of benzene rings is 1. The second-order valence-corrected chi connectivity index (χ2v) is 7.76. The highest BCUT2D eigenvalue weighted by molar-refractivity contribution is 7.90. The molecule has 4 nitrogen and oxygen atoms in total. The lowest BCUT2D eigenvalue weighted by molar-refractivity contribution is 0.0566. The van der Waals surface area contributed by atoms with Crippen LogP contribution in [-0.4, -0.2) is 33.9 Å². The zero-order valence-electron chi connectivity index (χ0n) is 12.3. The molecule has 2 unspecified atom stereocenters. The van der Waals surface area contributed by atoms with Gasteiger partial charge in [-0.1, -0.05) is 26.0 Å². The van der Waals surface area contributed by atoms with Crippen LogP contribution in [0.1, 0.15) is 20.3 Å². The summed E-state index contributed by atoms with van der Waals surface area (Å²) in [5.74, 6) is 0.914. The van der Waals surface area contributed by atoms with Crippen LogP contribution in [0.4, 0.5) is 5.69 Å². The molecule has 0 spiro atoms. The highest BCUT2D eigenvalue weighted by Gasteiger charge is 2.30. The molecular weight excluding hydrogens is 274 g/mol. The Kier molecular flexibility index (Phi) is 4.70. The molecule has 5 heteroatoms. The summed E-state index contributed by atoms with van der Waals surface area (Å²) < 4.78 is 29.3. The van der Waals surface area contributed by atoms with Crippen LogP contribution in [0, 0.1) is 11.8 Å². The molecule has 1 saturated heterocycles. The first-order chi connectivity index (χ1) is 9.39. The van der Waals surface area contributed by atoms with E-state index in [1.807, 2.05) is 12.1 Å². The standard InChI is InChI=1S/C15H23NO3S/c1-11(2)15-12(8-9-19-15)10-16-13-6-4-5-7-14(13)20(3,17)18/h4-7,11-12,15-16H,8-10H2,1-3H3. The fourth-order valence-corrected chi connectivity index (χ4v) is 3.65. The number of anilines is 1. The largest absolute Gasteiger partial charge is 0.384 e. The van der Waals surface area contributed by atoms with Gasteiger partial charge in [0.1, 0.15) is 0 Å². The fourth-order valence-electron chi connectivity index (χ4n) is 2.79. The average molecular weight is 297 g/mol. The molecule has 1 aromatic rings. The maximum atomic E-state index is 11.8. The molecule has 1 aliphatic rings. The third kappa shape index (κ3) is 3.52. The van der Waals surface area contributed by atoms with Crippen molar-refractivity contribution in [3.05, 3.63) is 24.3 Å². The molecule has 1 fully saturated rings. The molecule has 0 bridgehead atoms. The molecular formula is C15H23NO3S. The Labute approximate surface area is 121 Å². The van der Waals surface area contributed by atoms with Crippen LogP contribution >= 0.6 is 0 Å². The molecule has 1 N–H and O–H groups in total. The van der Waals surface area contributed by atoms with Gasteiger partial charge in [0, 0.05) is 25.3 Å². The van der Waals surface area contributed by atoms with E-state index >= 15 is 0 Å². The van der Waals surface area contributed by atoms with Gasteiger partial charge in [0.25, 0.3) is 0 Å². The maximum Gasteiger partial charge on any atom is 0.177 e. The van der Waals surface area contributed by atoms with E-state index in [0.29, 0.717) is 22.4 Å². The van der Waals surface area contributed by atoms with Crippen LogP contribution in [0.5, 0.6) is 0 Å². The Morgan fingerprint density at radius 2 is 2.05 bits per heavy atom. The van der Waals surface area contributed by atoms with Crippen molar-refractivity contribution < 1.29 is 13.2 Å². The van der Waals surface area contributed by atoms with Gasteiger partial charge in [-0.15, -0.1) is 0 Å². The number of hydrogen-bond acceptors (Lipinski definition) is 4. The Balaban J connectivity index is 2.08. The number of para-hydroxylation sites is 1. The lowest BCUT2D eigenvalue weighted by Gasteiger charge is -2.23. The summed E-state index contributed by atoms with van der Waals surface area (Å²) in [7, 11) is -3.20. The Hall–Kier alpha value is -1.07. The second-order valence-electron chi connectivity index (χ2n) is 5.78. The maximum absolute atomic E-state index is 11.8. The minimum Gasteiger partial charge on any atom is -0.384 e. The number of nitrogens with one attached hydrogen (secondary N) is 1. The number of ether oxygens (including phenoxy) is 1. The number of sulfone groups is 1.